The maximum atomic E-state index is 12.4. The number of methoxy groups -OCH3 is 1. The fourth-order valence-electron chi connectivity index (χ4n) is 2.48. The Bertz CT molecular complexity index is 1140. The molecule has 29 heavy (non-hydrogen) atoms. The minimum atomic E-state index is -0.525. The number of hydrogen-bond acceptors (Lipinski definition) is 10. The molecule has 0 fully saturated rings. The Kier molecular flexibility index (Phi) is 5.25. The Morgan fingerprint density at radius 1 is 1.14 bits per heavy atom. The summed E-state index contributed by atoms with van der Waals surface area (Å²) in [6, 6.07) is 8.97. The van der Waals surface area contributed by atoms with Crippen LogP contribution in [0.5, 0.6) is 5.75 Å². The first-order valence-electron chi connectivity index (χ1n) is 8.53. The minimum Gasteiger partial charge on any atom is -0.497 e. The van der Waals surface area contributed by atoms with E-state index in [4.69, 9.17) is 14.0 Å². The summed E-state index contributed by atoms with van der Waals surface area (Å²) in [4.78, 5) is 29.7. The van der Waals surface area contributed by atoms with Gasteiger partial charge in [0.1, 0.15) is 10.6 Å². The highest BCUT2D eigenvalue weighted by Crippen LogP contribution is 2.26. The average Bonchev–Trinajstić information content (AvgIpc) is 3.39. The van der Waals surface area contributed by atoms with Crippen molar-refractivity contribution in [2.24, 2.45) is 0 Å². The van der Waals surface area contributed by atoms with Gasteiger partial charge in [-0.05, 0) is 25.1 Å². The molecule has 0 saturated carbocycles. The molecule has 0 amide bonds. The topological polar surface area (TPSA) is 113 Å². The molecule has 10 heteroatoms. The number of carbonyl (C=O) groups is 1. The van der Waals surface area contributed by atoms with E-state index in [9.17, 15) is 4.79 Å². The molecule has 3 aromatic heterocycles. The van der Waals surface area contributed by atoms with Gasteiger partial charge in [0.15, 0.2) is 17.4 Å². The summed E-state index contributed by atoms with van der Waals surface area (Å²) in [6.07, 6.45) is 3.24. The van der Waals surface area contributed by atoms with Crippen LogP contribution < -0.4 is 4.74 Å². The van der Waals surface area contributed by atoms with Crippen LogP contribution in [-0.4, -0.2) is 38.2 Å². The molecular formula is C19H15N5O4S. The number of thiazole rings is 1. The van der Waals surface area contributed by atoms with Gasteiger partial charge in [0, 0.05) is 18.0 Å². The van der Waals surface area contributed by atoms with Crippen molar-refractivity contribution in [2.45, 2.75) is 13.5 Å². The molecule has 3 heterocycles. The van der Waals surface area contributed by atoms with Crippen molar-refractivity contribution in [1.29, 1.82) is 0 Å². The number of rotatable bonds is 6. The van der Waals surface area contributed by atoms with Gasteiger partial charge in [-0.25, -0.2) is 19.7 Å². The maximum absolute atomic E-state index is 12.4. The van der Waals surface area contributed by atoms with Crippen LogP contribution in [0.4, 0.5) is 0 Å². The number of benzene rings is 1. The number of ether oxygens (including phenoxy) is 2. The van der Waals surface area contributed by atoms with E-state index in [0.29, 0.717) is 33.0 Å². The average molecular weight is 409 g/mol. The van der Waals surface area contributed by atoms with Gasteiger partial charge in [0.2, 0.25) is 5.82 Å². The second-order valence-electron chi connectivity index (χ2n) is 5.83. The molecule has 0 atom stereocenters. The third-order valence-corrected chi connectivity index (χ3v) is 5.00. The highest BCUT2D eigenvalue weighted by Gasteiger charge is 2.20. The summed E-state index contributed by atoms with van der Waals surface area (Å²) in [6.45, 7) is 1.58. The fraction of sp³-hybridized carbons (Fsp3) is 0.158. The molecule has 0 saturated heterocycles. The summed E-state index contributed by atoms with van der Waals surface area (Å²) >= 11 is 1.17. The molecule has 9 nitrogen and oxygen atoms in total. The van der Waals surface area contributed by atoms with E-state index in [1.807, 2.05) is 18.2 Å². The summed E-state index contributed by atoms with van der Waals surface area (Å²) in [5.41, 5.74) is 1.28. The molecule has 0 aliphatic heterocycles. The van der Waals surface area contributed by atoms with Crippen LogP contribution in [0.2, 0.25) is 0 Å². The first kappa shape index (κ1) is 18.7. The van der Waals surface area contributed by atoms with E-state index in [1.54, 1.807) is 38.6 Å². The maximum Gasteiger partial charge on any atom is 0.350 e. The molecule has 0 unspecified atom stereocenters. The molecule has 0 aliphatic carbocycles. The van der Waals surface area contributed by atoms with E-state index in [0.717, 1.165) is 5.56 Å². The normalized spacial score (nSPS) is 10.7. The smallest absolute Gasteiger partial charge is 0.350 e. The lowest BCUT2D eigenvalue weighted by Gasteiger charge is -2.00. The van der Waals surface area contributed by atoms with Gasteiger partial charge >= 0.3 is 5.97 Å². The lowest BCUT2D eigenvalue weighted by molar-refractivity contribution is 0.0434. The van der Waals surface area contributed by atoms with E-state index >= 15 is 0 Å². The molecule has 0 N–H and O–H groups in total. The van der Waals surface area contributed by atoms with Crippen molar-refractivity contribution >= 4 is 17.3 Å². The summed E-state index contributed by atoms with van der Waals surface area (Å²) in [7, 11) is 1.58. The highest BCUT2D eigenvalue weighted by atomic mass is 32.1. The number of carbonyl (C=O) groups excluding carboxylic acids is 1. The second-order valence-corrected chi connectivity index (χ2v) is 6.82. The third-order valence-electron chi connectivity index (χ3n) is 3.86. The summed E-state index contributed by atoms with van der Waals surface area (Å²) in [5, 5.41) is 4.46. The molecule has 146 valence electrons. The first-order valence-corrected chi connectivity index (χ1v) is 9.34. The van der Waals surface area contributed by atoms with Crippen molar-refractivity contribution in [2.75, 3.05) is 7.11 Å². The molecule has 0 radical (unpaired) electrons. The van der Waals surface area contributed by atoms with Gasteiger partial charge in [-0.3, -0.25) is 0 Å². The third kappa shape index (κ3) is 4.11. The molecule has 0 spiro atoms. The van der Waals surface area contributed by atoms with Gasteiger partial charge in [0.05, 0.1) is 12.8 Å². The number of aromatic nitrogens is 5. The zero-order valence-electron chi connectivity index (χ0n) is 15.5. The van der Waals surface area contributed by atoms with E-state index < -0.39 is 5.97 Å². The van der Waals surface area contributed by atoms with Crippen LogP contribution >= 0.6 is 11.3 Å². The van der Waals surface area contributed by atoms with Crippen molar-refractivity contribution in [3.8, 4) is 28.0 Å². The van der Waals surface area contributed by atoms with Crippen LogP contribution in [0, 0.1) is 6.92 Å². The van der Waals surface area contributed by atoms with E-state index in [1.165, 1.54) is 11.3 Å². The first-order chi connectivity index (χ1) is 14.1. The number of hydrogen-bond donors (Lipinski definition) is 0. The van der Waals surface area contributed by atoms with Gasteiger partial charge in [-0.1, -0.05) is 17.3 Å². The monoisotopic (exact) mass is 409 g/mol. The molecule has 1 aromatic carbocycles. The lowest BCUT2D eigenvalue weighted by atomic mass is 10.2. The Labute approximate surface area is 169 Å². The van der Waals surface area contributed by atoms with Gasteiger partial charge in [-0.15, -0.1) is 11.3 Å². The van der Waals surface area contributed by atoms with E-state index in [-0.39, 0.29) is 12.5 Å². The number of nitrogens with zero attached hydrogens (tertiary/aromatic N) is 5. The quantitative estimate of drug-likeness (QED) is 0.442. The van der Waals surface area contributed by atoms with Crippen LogP contribution in [0.1, 0.15) is 21.3 Å². The van der Waals surface area contributed by atoms with Crippen LogP contribution in [-0.2, 0) is 11.3 Å². The number of esters is 1. The molecule has 4 aromatic rings. The van der Waals surface area contributed by atoms with Crippen LogP contribution in [0.3, 0.4) is 0 Å². The fourth-order valence-corrected chi connectivity index (χ4v) is 3.38. The Morgan fingerprint density at radius 3 is 2.76 bits per heavy atom. The molecule has 0 aliphatic rings. The minimum absolute atomic E-state index is 0.148. The van der Waals surface area contributed by atoms with Gasteiger partial charge in [-0.2, -0.15) is 4.98 Å². The SMILES string of the molecule is COc1cccc(-c2noc(COC(=O)c3sc(-c4ncccn4)nc3C)n2)c1. The largest absolute Gasteiger partial charge is 0.497 e. The van der Waals surface area contributed by atoms with Crippen molar-refractivity contribution in [1.82, 2.24) is 25.1 Å². The summed E-state index contributed by atoms with van der Waals surface area (Å²) < 4.78 is 15.7. The molecular weight excluding hydrogens is 394 g/mol. The molecule has 0 bridgehead atoms. The zero-order chi connectivity index (χ0) is 20.2. The summed E-state index contributed by atoms with van der Waals surface area (Å²) in [5.74, 6) is 1.18. The standard InChI is InChI=1S/C19H15N5O4S/c1-11-15(29-18(22-11)17-20-7-4-8-21-17)19(25)27-10-14-23-16(24-28-14)12-5-3-6-13(9-12)26-2/h3-9H,10H2,1-2H3. The zero-order valence-corrected chi connectivity index (χ0v) is 16.3. The van der Waals surface area contributed by atoms with Crippen LogP contribution in [0.25, 0.3) is 22.2 Å². The van der Waals surface area contributed by atoms with Crippen molar-refractivity contribution in [3.63, 3.8) is 0 Å². The second kappa shape index (κ2) is 8.15. The van der Waals surface area contributed by atoms with Gasteiger partial charge < -0.3 is 14.0 Å². The van der Waals surface area contributed by atoms with Crippen molar-refractivity contribution in [3.05, 3.63) is 59.2 Å². The Balaban J connectivity index is 1.44. The highest BCUT2D eigenvalue weighted by molar-refractivity contribution is 7.16. The molecule has 4 rings (SSSR count). The van der Waals surface area contributed by atoms with Crippen LogP contribution in [0.15, 0.2) is 47.2 Å². The Hall–Kier alpha value is -3.66. The van der Waals surface area contributed by atoms with Gasteiger partial charge in [0.25, 0.3) is 5.89 Å². The predicted molar refractivity (Wildman–Crippen MR) is 103 cm³/mol. The predicted octanol–water partition coefficient (Wildman–Crippen LogP) is 3.32. The number of aryl methyl sites for hydroxylation is 1. The van der Waals surface area contributed by atoms with E-state index in [2.05, 4.69) is 25.1 Å². The Morgan fingerprint density at radius 2 is 1.97 bits per heavy atom. The lowest BCUT2D eigenvalue weighted by Crippen LogP contribution is -2.05. The van der Waals surface area contributed by atoms with Crippen molar-refractivity contribution < 1.29 is 18.8 Å².